The maximum Gasteiger partial charge on any atom is 0.269 e. The van der Waals surface area contributed by atoms with Crippen molar-refractivity contribution >= 4 is 45.1 Å². The van der Waals surface area contributed by atoms with Crippen LogP contribution in [0.15, 0.2) is 46.9 Å². The molecule has 0 aromatic heterocycles. The van der Waals surface area contributed by atoms with Crippen LogP contribution in [0.2, 0.25) is 0 Å². The molecule has 0 aliphatic heterocycles. The molecule has 0 radical (unpaired) electrons. The molecule has 2 rings (SSSR count). The molecule has 0 bridgehead atoms. The standard InChI is InChI=1S/C18H18BrN3O4S/c1-11-3-6-13(7-4-11)26-10-16(23)20-18(27)22-21-17(24)12-5-8-15(25-2)14(19)9-12/h3-9H,10H2,1-2H3,(H,21,24)(H2,20,22,23,27). The van der Waals surface area contributed by atoms with E-state index in [1.54, 1.807) is 30.3 Å². The van der Waals surface area contributed by atoms with E-state index in [9.17, 15) is 9.59 Å². The number of thiocarbonyl (C=S) groups is 1. The van der Waals surface area contributed by atoms with Crippen LogP contribution in [0.1, 0.15) is 15.9 Å². The molecule has 0 spiro atoms. The second-order valence-corrected chi connectivity index (χ2v) is 6.67. The third-order valence-electron chi connectivity index (χ3n) is 3.35. The summed E-state index contributed by atoms with van der Waals surface area (Å²) in [7, 11) is 1.53. The number of aryl methyl sites for hydroxylation is 1. The monoisotopic (exact) mass is 451 g/mol. The molecule has 3 N–H and O–H groups in total. The highest BCUT2D eigenvalue weighted by atomic mass is 79.9. The lowest BCUT2D eigenvalue weighted by molar-refractivity contribution is -0.121. The number of nitrogens with one attached hydrogen (secondary N) is 3. The first kappa shape index (κ1) is 20.7. The molecule has 0 unspecified atom stereocenters. The fourth-order valence-electron chi connectivity index (χ4n) is 1.97. The van der Waals surface area contributed by atoms with Crippen LogP contribution in [0.25, 0.3) is 0 Å². The zero-order chi connectivity index (χ0) is 19.8. The predicted molar refractivity (Wildman–Crippen MR) is 109 cm³/mol. The summed E-state index contributed by atoms with van der Waals surface area (Å²) >= 11 is 8.28. The predicted octanol–water partition coefficient (Wildman–Crippen LogP) is 2.48. The largest absolute Gasteiger partial charge is 0.496 e. The highest BCUT2D eigenvalue weighted by molar-refractivity contribution is 9.10. The number of halogens is 1. The SMILES string of the molecule is COc1ccc(C(=O)NNC(=S)NC(=O)COc2ccc(C)cc2)cc1Br. The summed E-state index contributed by atoms with van der Waals surface area (Å²) < 4.78 is 11.1. The Kier molecular flexibility index (Phi) is 7.56. The van der Waals surface area contributed by atoms with Gasteiger partial charge in [-0.15, -0.1) is 0 Å². The minimum Gasteiger partial charge on any atom is -0.496 e. The van der Waals surface area contributed by atoms with Crippen molar-refractivity contribution in [3.63, 3.8) is 0 Å². The van der Waals surface area contributed by atoms with E-state index in [-0.39, 0.29) is 11.7 Å². The van der Waals surface area contributed by atoms with Crippen molar-refractivity contribution in [2.45, 2.75) is 6.92 Å². The number of rotatable bonds is 5. The summed E-state index contributed by atoms with van der Waals surface area (Å²) in [6.07, 6.45) is 0. The van der Waals surface area contributed by atoms with Gasteiger partial charge in [0.1, 0.15) is 11.5 Å². The maximum absolute atomic E-state index is 12.1. The summed E-state index contributed by atoms with van der Waals surface area (Å²) in [5.74, 6) is 0.309. The van der Waals surface area contributed by atoms with Crippen LogP contribution in [0.3, 0.4) is 0 Å². The number of amides is 2. The molecule has 2 aromatic carbocycles. The molecule has 142 valence electrons. The number of benzene rings is 2. The van der Waals surface area contributed by atoms with E-state index in [2.05, 4.69) is 32.1 Å². The van der Waals surface area contributed by atoms with Crippen molar-refractivity contribution in [2.75, 3.05) is 13.7 Å². The van der Waals surface area contributed by atoms with Crippen LogP contribution in [-0.4, -0.2) is 30.6 Å². The van der Waals surface area contributed by atoms with Gasteiger partial charge in [-0.1, -0.05) is 17.7 Å². The van der Waals surface area contributed by atoms with Crippen molar-refractivity contribution < 1.29 is 19.1 Å². The highest BCUT2D eigenvalue weighted by Gasteiger charge is 2.10. The van der Waals surface area contributed by atoms with E-state index in [1.807, 2.05) is 19.1 Å². The Morgan fingerprint density at radius 3 is 2.44 bits per heavy atom. The van der Waals surface area contributed by atoms with Crippen LogP contribution in [-0.2, 0) is 4.79 Å². The molecule has 0 heterocycles. The van der Waals surface area contributed by atoms with E-state index < -0.39 is 11.8 Å². The maximum atomic E-state index is 12.1. The molecular weight excluding hydrogens is 434 g/mol. The van der Waals surface area contributed by atoms with Gasteiger partial charge >= 0.3 is 0 Å². The van der Waals surface area contributed by atoms with Crippen molar-refractivity contribution in [3.05, 3.63) is 58.1 Å². The zero-order valence-electron chi connectivity index (χ0n) is 14.7. The number of hydrazine groups is 1. The van der Waals surface area contributed by atoms with Gasteiger partial charge in [0, 0.05) is 5.56 Å². The molecule has 0 saturated heterocycles. The third kappa shape index (κ3) is 6.54. The Hall–Kier alpha value is -2.65. The van der Waals surface area contributed by atoms with E-state index in [4.69, 9.17) is 21.7 Å². The molecule has 27 heavy (non-hydrogen) atoms. The third-order valence-corrected chi connectivity index (χ3v) is 4.17. The number of carbonyl (C=O) groups is 2. The number of hydrogen-bond donors (Lipinski definition) is 3. The van der Waals surface area contributed by atoms with Crippen LogP contribution in [0.4, 0.5) is 0 Å². The number of methoxy groups -OCH3 is 1. The van der Waals surface area contributed by atoms with Gasteiger partial charge in [0.2, 0.25) is 0 Å². The fraction of sp³-hybridized carbons (Fsp3) is 0.167. The van der Waals surface area contributed by atoms with Gasteiger partial charge in [-0.05, 0) is 65.4 Å². The van der Waals surface area contributed by atoms with E-state index in [1.165, 1.54) is 7.11 Å². The summed E-state index contributed by atoms with van der Waals surface area (Å²) in [4.78, 5) is 23.9. The second-order valence-electron chi connectivity index (χ2n) is 5.41. The van der Waals surface area contributed by atoms with E-state index in [0.29, 0.717) is 21.5 Å². The highest BCUT2D eigenvalue weighted by Crippen LogP contribution is 2.25. The first-order valence-electron chi connectivity index (χ1n) is 7.82. The lowest BCUT2D eigenvalue weighted by Crippen LogP contribution is -2.49. The second kappa shape index (κ2) is 9.89. The Balaban J connectivity index is 1.76. The number of hydrogen-bond acceptors (Lipinski definition) is 5. The van der Waals surface area contributed by atoms with Crippen LogP contribution >= 0.6 is 28.1 Å². The minimum absolute atomic E-state index is 0.0477. The van der Waals surface area contributed by atoms with Gasteiger partial charge in [-0.25, -0.2) is 0 Å². The van der Waals surface area contributed by atoms with Crippen molar-refractivity contribution in [3.8, 4) is 11.5 Å². The molecule has 2 aromatic rings. The summed E-state index contributed by atoms with van der Waals surface area (Å²) in [5.41, 5.74) is 6.34. The van der Waals surface area contributed by atoms with Crippen LogP contribution < -0.4 is 25.6 Å². The van der Waals surface area contributed by atoms with Crippen LogP contribution in [0.5, 0.6) is 11.5 Å². The normalized spacial score (nSPS) is 9.89. The molecule has 0 saturated carbocycles. The van der Waals surface area contributed by atoms with Crippen molar-refractivity contribution in [1.82, 2.24) is 16.2 Å². The smallest absolute Gasteiger partial charge is 0.269 e. The average molecular weight is 452 g/mol. The van der Waals surface area contributed by atoms with Gasteiger partial charge in [0.15, 0.2) is 11.7 Å². The molecule has 0 fully saturated rings. The van der Waals surface area contributed by atoms with Crippen molar-refractivity contribution in [1.29, 1.82) is 0 Å². The van der Waals surface area contributed by atoms with Gasteiger partial charge in [-0.2, -0.15) is 0 Å². The number of carbonyl (C=O) groups excluding carboxylic acids is 2. The Bertz CT molecular complexity index is 843. The zero-order valence-corrected chi connectivity index (χ0v) is 17.1. The molecular formula is C18H18BrN3O4S. The summed E-state index contributed by atoms with van der Waals surface area (Å²) in [5, 5.41) is 2.36. The fourth-order valence-corrected chi connectivity index (χ4v) is 2.68. The first-order valence-corrected chi connectivity index (χ1v) is 9.02. The topological polar surface area (TPSA) is 88.7 Å². The molecule has 0 atom stereocenters. The van der Waals surface area contributed by atoms with Gasteiger partial charge in [-0.3, -0.25) is 25.8 Å². The van der Waals surface area contributed by atoms with E-state index in [0.717, 1.165) is 5.56 Å². The Labute approximate surface area is 170 Å². The van der Waals surface area contributed by atoms with Gasteiger partial charge in [0.25, 0.3) is 11.8 Å². The van der Waals surface area contributed by atoms with E-state index >= 15 is 0 Å². The molecule has 9 heteroatoms. The molecule has 7 nitrogen and oxygen atoms in total. The van der Waals surface area contributed by atoms with Gasteiger partial charge in [0.05, 0.1) is 11.6 Å². The summed E-state index contributed by atoms with van der Waals surface area (Å²) in [6, 6.07) is 12.2. The molecule has 0 aliphatic rings. The van der Waals surface area contributed by atoms with Crippen LogP contribution in [0, 0.1) is 6.92 Å². The first-order chi connectivity index (χ1) is 12.9. The quantitative estimate of drug-likeness (QED) is 0.477. The Morgan fingerprint density at radius 2 is 1.81 bits per heavy atom. The molecule has 2 amide bonds. The number of ether oxygens (including phenoxy) is 2. The average Bonchev–Trinajstić information content (AvgIpc) is 2.65. The van der Waals surface area contributed by atoms with Crippen molar-refractivity contribution in [2.24, 2.45) is 0 Å². The lowest BCUT2D eigenvalue weighted by atomic mass is 10.2. The minimum atomic E-state index is -0.450. The van der Waals surface area contributed by atoms with Gasteiger partial charge < -0.3 is 9.47 Å². The lowest BCUT2D eigenvalue weighted by Gasteiger charge is -2.12. The Morgan fingerprint density at radius 1 is 1.11 bits per heavy atom. The summed E-state index contributed by atoms with van der Waals surface area (Å²) in [6.45, 7) is 1.75. The molecule has 0 aliphatic carbocycles.